The van der Waals surface area contributed by atoms with E-state index in [1.54, 1.807) is 0 Å². The Morgan fingerprint density at radius 2 is 1.66 bits per heavy atom. The van der Waals surface area contributed by atoms with Gasteiger partial charge in [-0.1, -0.05) is 55.2 Å². The van der Waals surface area contributed by atoms with E-state index in [2.05, 4.69) is 68.9 Å². The van der Waals surface area contributed by atoms with Crippen molar-refractivity contribution < 1.29 is 9.59 Å². The summed E-state index contributed by atoms with van der Waals surface area (Å²) < 4.78 is 0. The number of likely N-dealkylation sites (N-methyl/N-ethyl adjacent to an activating group) is 1. The Hall–Kier alpha value is -4.54. The Bertz CT molecular complexity index is 1520. The SMILES string of the molecule is CN1CCN(c2ccc(N/C(=C3\C(=O)Nc4cc(C#CC(=O)NC5CCCC5)ccc43)c3ccccc3)cc2)CC1. The summed E-state index contributed by atoms with van der Waals surface area (Å²) in [6.45, 7) is 4.13. The van der Waals surface area contributed by atoms with Crippen LogP contribution in [0.25, 0.3) is 11.3 Å². The zero-order chi connectivity index (χ0) is 28.2. The fourth-order valence-electron chi connectivity index (χ4n) is 5.77. The second kappa shape index (κ2) is 11.9. The summed E-state index contributed by atoms with van der Waals surface area (Å²) in [5, 5.41) is 9.55. The molecule has 1 aliphatic carbocycles. The van der Waals surface area contributed by atoms with E-state index in [0.29, 0.717) is 16.8 Å². The van der Waals surface area contributed by atoms with Crippen molar-refractivity contribution in [1.82, 2.24) is 10.2 Å². The van der Waals surface area contributed by atoms with Crippen molar-refractivity contribution in [2.45, 2.75) is 31.7 Å². The molecule has 3 N–H and O–H groups in total. The number of fused-ring (bicyclic) bond motifs is 1. The third-order valence-corrected chi connectivity index (χ3v) is 8.09. The fraction of sp³-hybridized carbons (Fsp3) is 0.294. The monoisotopic (exact) mass is 545 g/mol. The number of amides is 2. The minimum atomic E-state index is -0.253. The first-order chi connectivity index (χ1) is 20.0. The van der Waals surface area contributed by atoms with E-state index in [4.69, 9.17) is 0 Å². The molecule has 208 valence electrons. The molecule has 3 aliphatic rings. The lowest BCUT2D eigenvalue weighted by molar-refractivity contribution is -0.116. The number of piperazine rings is 1. The predicted octanol–water partition coefficient (Wildman–Crippen LogP) is 4.78. The Morgan fingerprint density at radius 1 is 0.927 bits per heavy atom. The molecule has 0 spiro atoms. The van der Waals surface area contributed by atoms with Crippen LogP contribution < -0.4 is 20.9 Å². The van der Waals surface area contributed by atoms with E-state index in [1.165, 1.54) is 5.69 Å². The number of carbonyl (C=O) groups excluding carboxylic acids is 2. The largest absolute Gasteiger partial charge is 0.369 e. The van der Waals surface area contributed by atoms with Crippen LogP contribution >= 0.6 is 0 Å². The Kier molecular flexibility index (Phi) is 7.75. The molecule has 1 saturated carbocycles. The van der Waals surface area contributed by atoms with Crippen LogP contribution in [0.2, 0.25) is 0 Å². The number of benzene rings is 3. The van der Waals surface area contributed by atoms with E-state index < -0.39 is 0 Å². The standard InChI is InChI=1S/C34H35N5O2/c1-38-19-21-39(22-20-38)28-15-13-27(14-16-28)36-33(25-7-3-2-4-8-25)32-29-17-11-24(23-30(29)37-34(32)41)12-18-31(40)35-26-9-5-6-10-26/h2-4,7-8,11,13-17,23,26,36H,5-6,9-10,19-22H2,1H3,(H,35,40)(H,37,41)/b33-32-. The summed E-state index contributed by atoms with van der Waals surface area (Å²) in [5.41, 5.74) is 6.52. The molecule has 2 amide bonds. The molecule has 2 fully saturated rings. The van der Waals surface area contributed by atoms with Crippen molar-refractivity contribution in [3.05, 3.63) is 89.5 Å². The fourth-order valence-corrected chi connectivity index (χ4v) is 5.77. The first-order valence-electron chi connectivity index (χ1n) is 14.4. The molecular formula is C34H35N5O2. The maximum absolute atomic E-state index is 13.4. The first kappa shape index (κ1) is 26.7. The zero-order valence-corrected chi connectivity index (χ0v) is 23.4. The Morgan fingerprint density at radius 3 is 2.39 bits per heavy atom. The summed E-state index contributed by atoms with van der Waals surface area (Å²) in [6.07, 6.45) is 4.35. The average molecular weight is 546 g/mol. The molecule has 0 unspecified atom stereocenters. The molecule has 6 rings (SSSR count). The number of rotatable bonds is 5. The van der Waals surface area contributed by atoms with Crippen molar-refractivity contribution in [2.24, 2.45) is 0 Å². The van der Waals surface area contributed by atoms with E-state index in [1.807, 2.05) is 48.5 Å². The molecule has 0 radical (unpaired) electrons. The normalized spacial score (nSPS) is 18.3. The quantitative estimate of drug-likeness (QED) is 0.318. The van der Waals surface area contributed by atoms with Gasteiger partial charge in [-0.05, 0) is 61.9 Å². The van der Waals surface area contributed by atoms with Crippen LogP contribution in [0.15, 0.2) is 72.8 Å². The number of anilines is 3. The highest BCUT2D eigenvalue weighted by atomic mass is 16.2. The van der Waals surface area contributed by atoms with Gasteiger partial charge in [-0.2, -0.15) is 0 Å². The van der Waals surface area contributed by atoms with Crippen molar-refractivity contribution in [2.75, 3.05) is 48.8 Å². The van der Waals surface area contributed by atoms with Gasteiger partial charge in [0.2, 0.25) is 0 Å². The van der Waals surface area contributed by atoms with Crippen LogP contribution in [0.5, 0.6) is 0 Å². The first-order valence-corrected chi connectivity index (χ1v) is 14.4. The van der Waals surface area contributed by atoms with Gasteiger partial charge >= 0.3 is 0 Å². The maximum Gasteiger partial charge on any atom is 0.296 e. The molecule has 7 heteroatoms. The molecule has 2 heterocycles. The molecule has 2 aliphatic heterocycles. The highest BCUT2D eigenvalue weighted by Crippen LogP contribution is 2.38. The maximum atomic E-state index is 13.4. The third-order valence-electron chi connectivity index (χ3n) is 8.09. The van der Waals surface area contributed by atoms with Gasteiger partial charge in [-0.15, -0.1) is 0 Å². The number of hydrogen-bond donors (Lipinski definition) is 3. The molecule has 3 aromatic rings. The Balaban J connectivity index is 1.27. The summed E-state index contributed by atoms with van der Waals surface area (Å²) in [5.74, 6) is 5.24. The lowest BCUT2D eigenvalue weighted by atomic mass is 9.99. The van der Waals surface area contributed by atoms with Crippen LogP contribution in [0.3, 0.4) is 0 Å². The van der Waals surface area contributed by atoms with Crippen LogP contribution in [0.4, 0.5) is 17.1 Å². The summed E-state index contributed by atoms with van der Waals surface area (Å²) in [7, 11) is 2.16. The van der Waals surface area contributed by atoms with E-state index >= 15 is 0 Å². The van der Waals surface area contributed by atoms with Gasteiger partial charge in [0.05, 0.1) is 17.0 Å². The summed E-state index contributed by atoms with van der Waals surface area (Å²) >= 11 is 0. The van der Waals surface area contributed by atoms with Crippen LogP contribution in [-0.4, -0.2) is 56.0 Å². The lowest BCUT2D eigenvalue weighted by Crippen LogP contribution is -2.44. The van der Waals surface area contributed by atoms with Crippen molar-refractivity contribution in [1.29, 1.82) is 0 Å². The predicted molar refractivity (Wildman–Crippen MR) is 165 cm³/mol. The van der Waals surface area contributed by atoms with Crippen molar-refractivity contribution in [3.8, 4) is 11.8 Å². The number of nitrogens with zero attached hydrogens (tertiary/aromatic N) is 2. The minimum absolute atomic E-state index is 0.176. The van der Waals surface area contributed by atoms with E-state index in [0.717, 1.165) is 74.4 Å². The third kappa shape index (κ3) is 6.13. The van der Waals surface area contributed by atoms with Crippen molar-refractivity contribution >= 4 is 40.1 Å². The highest BCUT2D eigenvalue weighted by molar-refractivity contribution is 6.37. The van der Waals surface area contributed by atoms with Gasteiger partial charge in [0.1, 0.15) is 0 Å². The molecular weight excluding hydrogens is 510 g/mol. The molecule has 0 atom stereocenters. The van der Waals surface area contributed by atoms with Crippen LogP contribution in [0.1, 0.15) is 42.4 Å². The Labute approximate surface area is 241 Å². The van der Waals surface area contributed by atoms with Gasteiger partial charge in [0.15, 0.2) is 0 Å². The van der Waals surface area contributed by atoms with Gasteiger partial charge in [-0.25, -0.2) is 0 Å². The molecule has 41 heavy (non-hydrogen) atoms. The molecule has 7 nitrogen and oxygen atoms in total. The van der Waals surface area contributed by atoms with Gasteiger partial charge in [0, 0.05) is 60.6 Å². The highest BCUT2D eigenvalue weighted by Gasteiger charge is 2.29. The van der Waals surface area contributed by atoms with E-state index in [-0.39, 0.29) is 17.9 Å². The molecule has 0 aromatic heterocycles. The molecule has 0 bridgehead atoms. The average Bonchev–Trinajstić information content (AvgIpc) is 3.62. The second-order valence-electron chi connectivity index (χ2n) is 11.0. The summed E-state index contributed by atoms with van der Waals surface area (Å²) in [6, 6.07) is 24.2. The minimum Gasteiger partial charge on any atom is -0.369 e. The molecule has 3 aromatic carbocycles. The van der Waals surface area contributed by atoms with E-state index in [9.17, 15) is 9.59 Å². The number of carbonyl (C=O) groups is 2. The van der Waals surface area contributed by atoms with Crippen molar-refractivity contribution in [3.63, 3.8) is 0 Å². The molecule has 1 saturated heterocycles. The zero-order valence-electron chi connectivity index (χ0n) is 23.4. The number of nitrogens with one attached hydrogen (secondary N) is 3. The van der Waals surface area contributed by atoms with Gasteiger partial charge in [0.25, 0.3) is 11.8 Å². The van der Waals surface area contributed by atoms with Gasteiger partial charge in [-0.3, -0.25) is 9.59 Å². The topological polar surface area (TPSA) is 76.7 Å². The van der Waals surface area contributed by atoms with Gasteiger partial charge < -0.3 is 25.8 Å². The summed E-state index contributed by atoms with van der Waals surface area (Å²) in [4.78, 5) is 30.4. The number of hydrogen-bond acceptors (Lipinski definition) is 5. The van der Waals surface area contributed by atoms with Crippen LogP contribution in [-0.2, 0) is 9.59 Å². The smallest absolute Gasteiger partial charge is 0.296 e. The second-order valence-corrected chi connectivity index (χ2v) is 11.0. The van der Waals surface area contributed by atoms with Crippen LogP contribution in [0, 0.1) is 11.8 Å². The lowest BCUT2D eigenvalue weighted by Gasteiger charge is -2.34.